The van der Waals surface area contributed by atoms with Gasteiger partial charge in [0.05, 0.1) is 0 Å². The van der Waals surface area contributed by atoms with E-state index >= 15 is 0 Å². The summed E-state index contributed by atoms with van der Waals surface area (Å²) in [5.74, 6) is -0.576. The first kappa shape index (κ1) is 15.8. The van der Waals surface area contributed by atoms with E-state index in [4.69, 9.17) is 5.73 Å². The third-order valence-corrected chi connectivity index (χ3v) is 2.63. The van der Waals surface area contributed by atoms with E-state index in [1.54, 1.807) is 18.2 Å². The van der Waals surface area contributed by atoms with Gasteiger partial charge in [-0.25, -0.2) is 4.39 Å². The highest BCUT2D eigenvalue weighted by Crippen LogP contribution is 2.12. The number of rotatable bonds is 6. The quantitative estimate of drug-likeness (QED) is 0.488. The van der Waals surface area contributed by atoms with Crippen molar-refractivity contribution in [3.63, 3.8) is 0 Å². The van der Waals surface area contributed by atoms with Gasteiger partial charge >= 0.3 is 0 Å². The van der Waals surface area contributed by atoms with Gasteiger partial charge in [0.15, 0.2) is 5.78 Å². The highest BCUT2D eigenvalue weighted by atomic mass is 19.1. The van der Waals surface area contributed by atoms with Crippen LogP contribution in [0.25, 0.3) is 0 Å². The van der Waals surface area contributed by atoms with E-state index in [1.807, 2.05) is 19.1 Å². The minimum Gasteiger partial charge on any atom is -0.326 e. The summed E-state index contributed by atoms with van der Waals surface area (Å²) in [4.78, 5) is 12.3. The van der Waals surface area contributed by atoms with Gasteiger partial charge in [0.1, 0.15) is 5.82 Å². The van der Waals surface area contributed by atoms with Crippen LogP contribution in [0.5, 0.6) is 0 Å². The van der Waals surface area contributed by atoms with Crippen LogP contribution in [0.3, 0.4) is 0 Å². The summed E-state index contributed by atoms with van der Waals surface area (Å²) in [7, 11) is 0. The number of allylic oxidation sites excluding steroid dienone is 6. The molecule has 0 radical (unpaired) electrons. The largest absolute Gasteiger partial charge is 0.326 e. The van der Waals surface area contributed by atoms with Gasteiger partial charge in [0.25, 0.3) is 0 Å². The fraction of sp³-hybridized carbons (Fsp3) is 0.118. The molecule has 0 spiro atoms. The maximum atomic E-state index is 12.9. The number of nitrogens with two attached hydrogens (primary N) is 1. The maximum Gasteiger partial charge on any atom is 0.190 e. The van der Waals surface area contributed by atoms with Gasteiger partial charge < -0.3 is 5.73 Å². The van der Waals surface area contributed by atoms with Crippen molar-refractivity contribution in [1.82, 2.24) is 0 Å². The number of halogens is 1. The molecule has 0 aliphatic rings. The molecule has 1 rings (SSSR count). The number of Topliss-reactive ketones (excluding diaryl/α,β-unsaturated/α-hetero) is 1. The van der Waals surface area contributed by atoms with Crippen molar-refractivity contribution in [1.29, 1.82) is 0 Å². The molecular weight excluding hydrogens is 253 g/mol. The maximum absolute atomic E-state index is 12.9. The van der Waals surface area contributed by atoms with Crippen LogP contribution in [-0.2, 0) is 0 Å². The van der Waals surface area contributed by atoms with E-state index in [2.05, 4.69) is 6.58 Å². The summed E-state index contributed by atoms with van der Waals surface area (Å²) in [6.07, 6.45) is 8.86. The fourth-order valence-electron chi connectivity index (χ4n) is 1.69. The van der Waals surface area contributed by atoms with Gasteiger partial charge in [-0.3, -0.25) is 4.79 Å². The number of benzene rings is 1. The van der Waals surface area contributed by atoms with Crippen LogP contribution < -0.4 is 5.73 Å². The fourth-order valence-corrected chi connectivity index (χ4v) is 1.69. The Morgan fingerprint density at radius 1 is 1.35 bits per heavy atom. The third kappa shape index (κ3) is 4.44. The first-order valence-corrected chi connectivity index (χ1v) is 6.28. The summed E-state index contributed by atoms with van der Waals surface area (Å²) in [5, 5.41) is 0. The van der Waals surface area contributed by atoms with Crippen LogP contribution in [0.4, 0.5) is 4.39 Å². The molecule has 0 heterocycles. The second-order valence-electron chi connectivity index (χ2n) is 4.11. The zero-order valence-electron chi connectivity index (χ0n) is 11.5. The molecule has 20 heavy (non-hydrogen) atoms. The second-order valence-corrected chi connectivity index (χ2v) is 4.11. The minimum absolute atomic E-state index is 0.113. The number of ketones is 1. The molecule has 1 aromatic rings. The van der Waals surface area contributed by atoms with Crippen molar-refractivity contribution in [2.24, 2.45) is 5.73 Å². The van der Waals surface area contributed by atoms with E-state index in [1.165, 1.54) is 24.3 Å². The molecule has 0 aromatic heterocycles. The van der Waals surface area contributed by atoms with E-state index < -0.39 is 0 Å². The first-order chi connectivity index (χ1) is 9.62. The Kier molecular flexibility index (Phi) is 6.33. The molecule has 0 fully saturated rings. The molecule has 0 unspecified atom stereocenters. The van der Waals surface area contributed by atoms with E-state index in [-0.39, 0.29) is 18.1 Å². The molecular formula is C17H18FNO. The molecule has 0 atom stereocenters. The Bertz CT molecular complexity index is 565. The molecule has 2 nitrogen and oxygen atoms in total. The molecule has 104 valence electrons. The van der Waals surface area contributed by atoms with E-state index in [9.17, 15) is 9.18 Å². The SMILES string of the molecule is C=C/C=C(/C=C\C)\C=C(/CN)C(=O)c1ccc(F)cc1. The molecule has 0 saturated carbocycles. The zero-order valence-corrected chi connectivity index (χ0v) is 11.5. The van der Waals surface area contributed by atoms with Gasteiger partial charge in [-0.2, -0.15) is 0 Å². The van der Waals surface area contributed by atoms with Crippen LogP contribution in [0.15, 0.2) is 72.4 Å². The highest BCUT2D eigenvalue weighted by Gasteiger charge is 2.11. The molecule has 0 saturated heterocycles. The predicted molar refractivity (Wildman–Crippen MR) is 81.0 cm³/mol. The summed E-state index contributed by atoms with van der Waals surface area (Å²) in [6.45, 7) is 5.63. The van der Waals surface area contributed by atoms with Crippen molar-refractivity contribution in [3.8, 4) is 0 Å². The van der Waals surface area contributed by atoms with Crippen LogP contribution in [0.1, 0.15) is 17.3 Å². The lowest BCUT2D eigenvalue weighted by atomic mass is 10.0. The Labute approximate surface area is 118 Å². The molecule has 0 bridgehead atoms. The smallest absolute Gasteiger partial charge is 0.190 e. The Hall–Kier alpha value is -2.26. The minimum atomic E-state index is -0.374. The Morgan fingerprint density at radius 3 is 2.50 bits per heavy atom. The molecule has 3 heteroatoms. The van der Waals surface area contributed by atoms with Gasteiger partial charge in [-0.15, -0.1) is 0 Å². The van der Waals surface area contributed by atoms with Crippen LogP contribution in [0, 0.1) is 5.82 Å². The number of carbonyl (C=O) groups excluding carboxylic acids is 1. The average Bonchev–Trinajstić information content (AvgIpc) is 2.45. The number of hydrogen-bond donors (Lipinski definition) is 1. The molecule has 0 aliphatic carbocycles. The summed E-state index contributed by atoms with van der Waals surface area (Å²) >= 11 is 0. The predicted octanol–water partition coefficient (Wildman–Crippen LogP) is 3.58. The lowest BCUT2D eigenvalue weighted by Crippen LogP contribution is -2.13. The standard InChI is InChI=1S/C17H18FNO/c1-3-5-13(6-4-2)11-15(12-19)17(20)14-7-9-16(18)10-8-14/h3-11H,1,12,19H2,2H3/b6-4-,13-5-,15-11+. The van der Waals surface area contributed by atoms with E-state index in [0.29, 0.717) is 11.1 Å². The molecule has 0 amide bonds. The summed E-state index contributed by atoms with van der Waals surface area (Å²) in [6, 6.07) is 5.42. The third-order valence-electron chi connectivity index (χ3n) is 2.63. The van der Waals surface area contributed by atoms with Gasteiger partial charge in [0.2, 0.25) is 0 Å². The zero-order chi connectivity index (χ0) is 15.0. The second kappa shape index (κ2) is 8.02. The number of hydrogen-bond acceptors (Lipinski definition) is 2. The van der Waals surface area contributed by atoms with Gasteiger partial charge in [0, 0.05) is 17.7 Å². The van der Waals surface area contributed by atoms with Gasteiger partial charge in [-0.05, 0) is 42.8 Å². The normalized spacial score (nSPS) is 12.8. The molecule has 2 N–H and O–H groups in total. The Balaban J connectivity index is 3.11. The van der Waals surface area contributed by atoms with E-state index in [0.717, 1.165) is 5.57 Å². The lowest BCUT2D eigenvalue weighted by Gasteiger charge is -2.05. The lowest BCUT2D eigenvalue weighted by molar-refractivity contribution is 0.103. The average molecular weight is 271 g/mol. The first-order valence-electron chi connectivity index (χ1n) is 6.28. The van der Waals surface area contributed by atoms with Crippen molar-refractivity contribution < 1.29 is 9.18 Å². The monoisotopic (exact) mass is 271 g/mol. The van der Waals surface area contributed by atoms with Crippen molar-refractivity contribution in [3.05, 3.63) is 83.8 Å². The Morgan fingerprint density at radius 2 is 2.00 bits per heavy atom. The summed E-state index contributed by atoms with van der Waals surface area (Å²) < 4.78 is 12.9. The topological polar surface area (TPSA) is 43.1 Å². The van der Waals surface area contributed by atoms with Crippen molar-refractivity contribution >= 4 is 5.78 Å². The van der Waals surface area contributed by atoms with Crippen molar-refractivity contribution in [2.75, 3.05) is 6.54 Å². The highest BCUT2D eigenvalue weighted by molar-refractivity contribution is 6.09. The number of carbonyl (C=O) groups is 1. The van der Waals surface area contributed by atoms with Crippen molar-refractivity contribution in [2.45, 2.75) is 6.92 Å². The van der Waals surface area contributed by atoms with Crippen LogP contribution in [-0.4, -0.2) is 12.3 Å². The summed E-state index contributed by atoms with van der Waals surface area (Å²) in [5.41, 5.74) is 7.35. The van der Waals surface area contributed by atoms with Crippen LogP contribution >= 0.6 is 0 Å². The molecule has 1 aromatic carbocycles. The van der Waals surface area contributed by atoms with Crippen LogP contribution in [0.2, 0.25) is 0 Å². The van der Waals surface area contributed by atoms with Gasteiger partial charge in [-0.1, -0.05) is 30.9 Å². The molecule has 0 aliphatic heterocycles.